The molecule has 6 heteroatoms. The molecule has 0 aliphatic carbocycles. The number of hydrogen-bond acceptors (Lipinski definition) is 6. The zero-order valence-corrected chi connectivity index (χ0v) is 33.9. The SMILES string of the molecule is c1ccc(-c2nc(-c3cccc(-c4cccc(-c5nc(-c6ccccc6)nc(-c6ccc7oc8ccc9ccccc9c8c7c6)n5)c4)c3)cc(-c3cccc4ccccc34)n2)cc1. The van der Waals surface area contributed by atoms with Crippen LogP contribution in [0.25, 0.3) is 123 Å². The fourth-order valence-electron chi connectivity index (χ4n) is 8.63. The second kappa shape index (κ2) is 15.1. The van der Waals surface area contributed by atoms with Crippen molar-refractivity contribution in [3.8, 4) is 79.2 Å². The summed E-state index contributed by atoms with van der Waals surface area (Å²) in [6, 6.07) is 72.9. The molecule has 0 unspecified atom stereocenters. The van der Waals surface area contributed by atoms with E-state index in [9.17, 15) is 0 Å². The molecule has 294 valence electrons. The summed E-state index contributed by atoms with van der Waals surface area (Å²) in [6.45, 7) is 0. The van der Waals surface area contributed by atoms with Crippen LogP contribution in [-0.2, 0) is 0 Å². The monoisotopic (exact) mass is 805 g/mol. The van der Waals surface area contributed by atoms with E-state index < -0.39 is 0 Å². The van der Waals surface area contributed by atoms with E-state index in [-0.39, 0.29) is 0 Å². The minimum Gasteiger partial charge on any atom is -0.456 e. The van der Waals surface area contributed by atoms with Crippen molar-refractivity contribution in [1.29, 1.82) is 0 Å². The summed E-state index contributed by atoms with van der Waals surface area (Å²) < 4.78 is 6.34. The van der Waals surface area contributed by atoms with Gasteiger partial charge in [-0.1, -0.05) is 170 Å². The summed E-state index contributed by atoms with van der Waals surface area (Å²) in [7, 11) is 0. The molecule has 3 heterocycles. The van der Waals surface area contributed by atoms with Crippen LogP contribution < -0.4 is 0 Å². The summed E-state index contributed by atoms with van der Waals surface area (Å²) in [5, 5.41) is 6.73. The van der Waals surface area contributed by atoms with Crippen LogP contribution in [-0.4, -0.2) is 24.9 Å². The van der Waals surface area contributed by atoms with Crippen LogP contribution in [0.15, 0.2) is 217 Å². The van der Waals surface area contributed by atoms with Crippen LogP contribution in [0, 0.1) is 0 Å². The molecule has 0 saturated heterocycles. The Morgan fingerprint density at radius 1 is 0.270 bits per heavy atom. The molecule has 0 atom stereocenters. The van der Waals surface area contributed by atoms with Crippen molar-refractivity contribution in [2.45, 2.75) is 0 Å². The molecular weight excluding hydrogens is 771 g/mol. The van der Waals surface area contributed by atoms with Crippen LogP contribution in [0.3, 0.4) is 0 Å². The molecule has 12 aromatic rings. The van der Waals surface area contributed by atoms with Crippen molar-refractivity contribution in [3.63, 3.8) is 0 Å². The maximum absolute atomic E-state index is 6.34. The van der Waals surface area contributed by atoms with Gasteiger partial charge in [-0.25, -0.2) is 24.9 Å². The average Bonchev–Trinajstić information content (AvgIpc) is 3.75. The molecule has 9 aromatic carbocycles. The highest BCUT2D eigenvalue weighted by molar-refractivity contribution is 6.19. The predicted octanol–water partition coefficient (Wildman–Crippen LogP) is 14.5. The Hall–Kier alpha value is -8.61. The summed E-state index contributed by atoms with van der Waals surface area (Å²) in [5.74, 6) is 2.45. The van der Waals surface area contributed by atoms with E-state index >= 15 is 0 Å². The number of nitrogens with zero attached hydrogens (tertiary/aromatic N) is 5. The van der Waals surface area contributed by atoms with E-state index in [2.05, 4.69) is 146 Å². The second-order valence-corrected chi connectivity index (χ2v) is 15.7. The number of aromatic nitrogens is 5. The van der Waals surface area contributed by atoms with E-state index in [4.69, 9.17) is 29.3 Å². The fraction of sp³-hybridized carbons (Fsp3) is 0. The van der Waals surface area contributed by atoms with Gasteiger partial charge in [-0.3, -0.25) is 0 Å². The standard InChI is InChI=1S/C57H35N5O/c1-3-16-38(17-4-1)54-58-49(35-50(59-54)47-27-13-20-36-14-7-9-25-45(36)47)42-23-11-21-40(32-42)41-22-12-24-43(33-41)56-60-55(39-18-5-2-6-19-39)61-57(62-56)44-29-30-51-48(34-44)53-46-26-10-8-15-37(46)28-31-52(53)63-51/h1-35H. The van der Waals surface area contributed by atoms with Gasteiger partial charge in [0, 0.05) is 44.2 Å². The average molecular weight is 806 g/mol. The normalized spacial score (nSPS) is 11.5. The molecule has 0 amide bonds. The molecule has 0 spiro atoms. The van der Waals surface area contributed by atoms with E-state index in [1.807, 2.05) is 66.7 Å². The van der Waals surface area contributed by atoms with Crippen molar-refractivity contribution in [1.82, 2.24) is 24.9 Å². The van der Waals surface area contributed by atoms with Gasteiger partial charge in [-0.15, -0.1) is 0 Å². The molecular formula is C57H35N5O. The van der Waals surface area contributed by atoms with Crippen LogP contribution in [0.2, 0.25) is 0 Å². The third-order valence-electron chi connectivity index (χ3n) is 11.7. The zero-order valence-electron chi connectivity index (χ0n) is 33.9. The Morgan fingerprint density at radius 2 is 0.762 bits per heavy atom. The van der Waals surface area contributed by atoms with Gasteiger partial charge in [0.15, 0.2) is 23.3 Å². The maximum Gasteiger partial charge on any atom is 0.164 e. The highest BCUT2D eigenvalue weighted by atomic mass is 16.3. The predicted molar refractivity (Wildman–Crippen MR) is 256 cm³/mol. The van der Waals surface area contributed by atoms with E-state index in [0.717, 1.165) is 94.0 Å². The van der Waals surface area contributed by atoms with Crippen LogP contribution >= 0.6 is 0 Å². The van der Waals surface area contributed by atoms with E-state index in [1.54, 1.807) is 0 Å². The van der Waals surface area contributed by atoms with Crippen LogP contribution in [0.5, 0.6) is 0 Å². The molecule has 0 N–H and O–H groups in total. The van der Waals surface area contributed by atoms with Crippen LogP contribution in [0.1, 0.15) is 0 Å². The third kappa shape index (κ3) is 6.67. The number of furan rings is 1. The van der Waals surface area contributed by atoms with Gasteiger partial charge >= 0.3 is 0 Å². The first-order chi connectivity index (χ1) is 31.2. The molecule has 0 bridgehead atoms. The van der Waals surface area contributed by atoms with Crippen molar-refractivity contribution in [3.05, 3.63) is 212 Å². The molecule has 0 aliphatic rings. The van der Waals surface area contributed by atoms with Gasteiger partial charge in [0.05, 0.1) is 11.4 Å². The highest BCUT2D eigenvalue weighted by Gasteiger charge is 2.18. The van der Waals surface area contributed by atoms with Crippen LogP contribution in [0.4, 0.5) is 0 Å². The van der Waals surface area contributed by atoms with Gasteiger partial charge in [0.1, 0.15) is 11.2 Å². The van der Waals surface area contributed by atoms with Gasteiger partial charge in [-0.2, -0.15) is 0 Å². The summed E-state index contributed by atoms with van der Waals surface area (Å²) in [6.07, 6.45) is 0. The maximum atomic E-state index is 6.34. The van der Waals surface area contributed by atoms with Gasteiger partial charge in [-0.05, 0) is 75.1 Å². The Kier molecular flexibility index (Phi) is 8.71. The van der Waals surface area contributed by atoms with Crippen molar-refractivity contribution >= 4 is 43.5 Å². The van der Waals surface area contributed by atoms with Crippen molar-refractivity contribution in [2.24, 2.45) is 0 Å². The molecule has 63 heavy (non-hydrogen) atoms. The molecule has 6 nitrogen and oxygen atoms in total. The lowest BCUT2D eigenvalue weighted by molar-refractivity contribution is 0.669. The van der Waals surface area contributed by atoms with Crippen molar-refractivity contribution in [2.75, 3.05) is 0 Å². The zero-order chi connectivity index (χ0) is 41.7. The summed E-state index contributed by atoms with van der Waals surface area (Å²) >= 11 is 0. The van der Waals surface area contributed by atoms with E-state index in [0.29, 0.717) is 23.3 Å². The number of benzene rings is 9. The molecule has 0 fully saturated rings. The minimum atomic E-state index is 0.586. The van der Waals surface area contributed by atoms with Gasteiger partial charge in [0.25, 0.3) is 0 Å². The largest absolute Gasteiger partial charge is 0.456 e. The molecule has 0 saturated carbocycles. The Morgan fingerprint density at radius 3 is 1.49 bits per heavy atom. The summed E-state index contributed by atoms with van der Waals surface area (Å²) in [4.78, 5) is 25.6. The highest BCUT2D eigenvalue weighted by Crippen LogP contribution is 2.38. The fourth-order valence-corrected chi connectivity index (χ4v) is 8.63. The minimum absolute atomic E-state index is 0.586. The van der Waals surface area contributed by atoms with Gasteiger partial charge in [0.2, 0.25) is 0 Å². The smallest absolute Gasteiger partial charge is 0.164 e. The molecule has 12 rings (SSSR count). The quantitative estimate of drug-likeness (QED) is 0.160. The Labute approximate surface area is 362 Å². The molecule has 0 aliphatic heterocycles. The molecule has 0 radical (unpaired) electrons. The third-order valence-corrected chi connectivity index (χ3v) is 11.7. The number of fused-ring (bicyclic) bond motifs is 6. The van der Waals surface area contributed by atoms with E-state index in [1.165, 1.54) is 5.39 Å². The first-order valence-corrected chi connectivity index (χ1v) is 21.0. The second-order valence-electron chi connectivity index (χ2n) is 15.7. The lowest BCUT2D eigenvalue weighted by Crippen LogP contribution is -2.00. The lowest BCUT2D eigenvalue weighted by Gasteiger charge is -2.12. The van der Waals surface area contributed by atoms with Gasteiger partial charge < -0.3 is 4.42 Å². The Bertz CT molecular complexity index is 3690. The molecule has 3 aromatic heterocycles. The first kappa shape index (κ1) is 36.3. The first-order valence-electron chi connectivity index (χ1n) is 21.0. The topological polar surface area (TPSA) is 77.6 Å². The summed E-state index contributed by atoms with van der Waals surface area (Å²) in [5.41, 5.74) is 11.1. The lowest BCUT2D eigenvalue weighted by atomic mass is 9.98. The number of hydrogen-bond donors (Lipinski definition) is 0. The number of rotatable bonds is 7. The van der Waals surface area contributed by atoms with Crippen molar-refractivity contribution < 1.29 is 4.42 Å². The Balaban J connectivity index is 0.965.